The van der Waals surface area contributed by atoms with E-state index in [4.69, 9.17) is 5.26 Å². The lowest BCUT2D eigenvalue weighted by Gasteiger charge is -2.21. The van der Waals surface area contributed by atoms with Gasteiger partial charge in [0, 0.05) is 23.3 Å². The Morgan fingerprint density at radius 1 is 1.60 bits per heavy atom. The molecular formula is C11H14BrN3. The summed E-state index contributed by atoms with van der Waals surface area (Å²) in [6.07, 6.45) is 2.34. The molecule has 0 fully saturated rings. The van der Waals surface area contributed by atoms with Crippen molar-refractivity contribution in [2.24, 2.45) is 0 Å². The van der Waals surface area contributed by atoms with Gasteiger partial charge in [-0.25, -0.2) is 0 Å². The van der Waals surface area contributed by atoms with Gasteiger partial charge in [0.2, 0.25) is 0 Å². The molecule has 0 saturated heterocycles. The summed E-state index contributed by atoms with van der Waals surface area (Å²) in [6, 6.07) is 6.40. The lowest BCUT2D eigenvalue weighted by atomic mass is 10.2. The van der Waals surface area contributed by atoms with Crippen molar-refractivity contribution < 1.29 is 0 Å². The largest absolute Gasteiger partial charge is 0.297 e. The number of pyridine rings is 1. The number of halogens is 1. The van der Waals surface area contributed by atoms with Crippen LogP contribution >= 0.6 is 15.9 Å². The van der Waals surface area contributed by atoms with Crippen LogP contribution in [-0.2, 0) is 6.54 Å². The van der Waals surface area contributed by atoms with Crippen LogP contribution in [0.15, 0.2) is 22.8 Å². The molecule has 1 unspecified atom stereocenters. The Kier molecular flexibility index (Phi) is 4.73. The molecule has 1 heterocycles. The molecule has 15 heavy (non-hydrogen) atoms. The molecule has 0 aromatic carbocycles. The molecule has 1 aromatic heterocycles. The molecule has 4 heteroatoms. The van der Waals surface area contributed by atoms with E-state index in [0.29, 0.717) is 6.42 Å². The topological polar surface area (TPSA) is 39.9 Å². The molecule has 1 rings (SSSR count). The zero-order chi connectivity index (χ0) is 11.3. The second-order valence-corrected chi connectivity index (χ2v) is 4.51. The van der Waals surface area contributed by atoms with Crippen LogP contribution < -0.4 is 0 Å². The van der Waals surface area contributed by atoms with Gasteiger partial charge < -0.3 is 0 Å². The zero-order valence-electron chi connectivity index (χ0n) is 8.94. The summed E-state index contributed by atoms with van der Waals surface area (Å²) in [4.78, 5) is 6.41. The molecule has 80 valence electrons. The first-order valence-electron chi connectivity index (χ1n) is 4.81. The minimum Gasteiger partial charge on any atom is -0.297 e. The van der Waals surface area contributed by atoms with Crippen molar-refractivity contribution >= 4 is 15.9 Å². The minimum absolute atomic E-state index is 0.264. The lowest BCUT2D eigenvalue weighted by Crippen LogP contribution is -2.28. The second kappa shape index (κ2) is 5.84. The highest BCUT2D eigenvalue weighted by Crippen LogP contribution is 2.10. The van der Waals surface area contributed by atoms with Crippen LogP contribution in [0.4, 0.5) is 0 Å². The fourth-order valence-corrected chi connectivity index (χ4v) is 1.43. The van der Waals surface area contributed by atoms with Crippen molar-refractivity contribution in [3.63, 3.8) is 0 Å². The van der Waals surface area contributed by atoms with Gasteiger partial charge in [0.1, 0.15) is 0 Å². The van der Waals surface area contributed by atoms with E-state index in [0.717, 1.165) is 16.7 Å². The summed E-state index contributed by atoms with van der Waals surface area (Å²) in [6.45, 7) is 2.82. The number of nitrogens with zero attached hydrogens (tertiary/aromatic N) is 3. The van der Waals surface area contributed by atoms with Crippen molar-refractivity contribution in [1.29, 1.82) is 5.26 Å². The molecular weight excluding hydrogens is 254 g/mol. The van der Waals surface area contributed by atoms with Crippen LogP contribution in [0.2, 0.25) is 0 Å². The zero-order valence-corrected chi connectivity index (χ0v) is 10.5. The summed E-state index contributed by atoms with van der Waals surface area (Å²) in [5.41, 5.74) is 1.02. The summed E-state index contributed by atoms with van der Waals surface area (Å²) < 4.78 is 0.985. The Hall–Kier alpha value is -0.920. The standard InChI is InChI=1S/C11H14BrN3/c1-9(5-6-13)15(2)8-11-4-3-10(12)7-14-11/h3-4,7,9H,5,8H2,1-2H3. The number of hydrogen-bond acceptors (Lipinski definition) is 3. The number of rotatable bonds is 4. The van der Waals surface area contributed by atoms with E-state index in [2.05, 4.69) is 31.9 Å². The van der Waals surface area contributed by atoms with Crippen molar-refractivity contribution in [2.45, 2.75) is 25.9 Å². The third-order valence-corrected chi connectivity index (χ3v) is 2.81. The fraction of sp³-hybridized carbons (Fsp3) is 0.455. The molecule has 0 saturated carbocycles. The van der Waals surface area contributed by atoms with Crippen LogP contribution in [0, 0.1) is 11.3 Å². The molecule has 0 aliphatic heterocycles. The molecule has 0 bridgehead atoms. The highest BCUT2D eigenvalue weighted by atomic mass is 79.9. The first-order valence-corrected chi connectivity index (χ1v) is 5.60. The van der Waals surface area contributed by atoms with Gasteiger partial charge in [0.15, 0.2) is 0 Å². The Bertz CT molecular complexity index is 342. The summed E-state index contributed by atoms with van der Waals surface area (Å²) in [5, 5.41) is 8.59. The molecule has 0 aliphatic rings. The van der Waals surface area contributed by atoms with Gasteiger partial charge in [-0.2, -0.15) is 5.26 Å². The van der Waals surface area contributed by atoms with E-state index in [1.807, 2.05) is 26.1 Å². The monoisotopic (exact) mass is 267 g/mol. The molecule has 0 spiro atoms. The van der Waals surface area contributed by atoms with Gasteiger partial charge in [0.05, 0.1) is 18.2 Å². The quantitative estimate of drug-likeness (QED) is 0.842. The number of hydrogen-bond donors (Lipinski definition) is 0. The summed E-state index contributed by atoms with van der Waals surface area (Å²) >= 11 is 3.35. The first-order chi connectivity index (χ1) is 7.13. The minimum atomic E-state index is 0.264. The van der Waals surface area contributed by atoms with E-state index in [9.17, 15) is 0 Å². The molecule has 1 aromatic rings. The highest BCUT2D eigenvalue weighted by Gasteiger charge is 2.09. The predicted molar refractivity (Wildman–Crippen MR) is 63.1 cm³/mol. The third-order valence-electron chi connectivity index (χ3n) is 2.34. The Balaban J connectivity index is 2.55. The van der Waals surface area contributed by atoms with E-state index >= 15 is 0 Å². The third kappa shape index (κ3) is 3.98. The first kappa shape index (κ1) is 12.2. The van der Waals surface area contributed by atoms with E-state index in [-0.39, 0.29) is 6.04 Å². The second-order valence-electron chi connectivity index (χ2n) is 3.59. The summed E-state index contributed by atoms with van der Waals surface area (Å²) in [7, 11) is 2.01. The Morgan fingerprint density at radius 3 is 2.87 bits per heavy atom. The van der Waals surface area contributed by atoms with E-state index in [1.54, 1.807) is 6.20 Å². The van der Waals surface area contributed by atoms with Gasteiger partial charge in [-0.05, 0) is 42.0 Å². The van der Waals surface area contributed by atoms with Crippen molar-refractivity contribution in [2.75, 3.05) is 7.05 Å². The van der Waals surface area contributed by atoms with E-state index in [1.165, 1.54) is 0 Å². The van der Waals surface area contributed by atoms with Crippen LogP contribution in [0.3, 0.4) is 0 Å². The van der Waals surface area contributed by atoms with Gasteiger partial charge in [-0.3, -0.25) is 9.88 Å². The maximum atomic E-state index is 8.59. The lowest BCUT2D eigenvalue weighted by molar-refractivity contribution is 0.249. The normalized spacial score (nSPS) is 12.5. The van der Waals surface area contributed by atoms with Crippen molar-refractivity contribution in [1.82, 2.24) is 9.88 Å². The van der Waals surface area contributed by atoms with Gasteiger partial charge in [0.25, 0.3) is 0 Å². The van der Waals surface area contributed by atoms with Crippen LogP contribution in [0.5, 0.6) is 0 Å². The van der Waals surface area contributed by atoms with E-state index < -0.39 is 0 Å². The molecule has 0 N–H and O–H groups in total. The van der Waals surface area contributed by atoms with Gasteiger partial charge in [-0.1, -0.05) is 0 Å². The Morgan fingerprint density at radius 2 is 2.33 bits per heavy atom. The average Bonchev–Trinajstić information content (AvgIpc) is 2.22. The molecule has 0 radical (unpaired) electrons. The number of aromatic nitrogens is 1. The van der Waals surface area contributed by atoms with Gasteiger partial charge in [-0.15, -0.1) is 0 Å². The number of nitriles is 1. The molecule has 1 atom stereocenters. The highest BCUT2D eigenvalue weighted by molar-refractivity contribution is 9.10. The van der Waals surface area contributed by atoms with Gasteiger partial charge >= 0.3 is 0 Å². The SMILES string of the molecule is CC(CC#N)N(C)Cc1ccc(Br)cn1. The van der Waals surface area contributed by atoms with Crippen LogP contribution in [0.25, 0.3) is 0 Å². The molecule has 0 amide bonds. The summed E-state index contributed by atoms with van der Waals surface area (Å²) in [5.74, 6) is 0. The fourth-order valence-electron chi connectivity index (χ4n) is 1.20. The average molecular weight is 268 g/mol. The molecule has 3 nitrogen and oxygen atoms in total. The maximum Gasteiger partial charge on any atom is 0.0638 e. The Labute approximate surface area is 98.9 Å². The van der Waals surface area contributed by atoms with Crippen LogP contribution in [0.1, 0.15) is 19.0 Å². The van der Waals surface area contributed by atoms with Crippen LogP contribution in [-0.4, -0.2) is 23.0 Å². The predicted octanol–water partition coefficient (Wildman–Crippen LogP) is 2.58. The van der Waals surface area contributed by atoms with Crippen molar-refractivity contribution in [3.8, 4) is 6.07 Å². The maximum absolute atomic E-state index is 8.59. The smallest absolute Gasteiger partial charge is 0.0638 e. The molecule has 0 aliphatic carbocycles. The van der Waals surface area contributed by atoms with Crippen molar-refractivity contribution in [3.05, 3.63) is 28.5 Å².